The van der Waals surface area contributed by atoms with Crippen LogP contribution in [0.5, 0.6) is 5.75 Å². The lowest BCUT2D eigenvalue weighted by atomic mass is 9.84. The molecule has 1 saturated heterocycles. The molecule has 2 bridgehead atoms. The number of aliphatic carboxylic acids is 1. The smallest absolute Gasteiger partial charge is 0.333 e. The number of carboxylic acids is 1. The fraction of sp³-hybridized carbons (Fsp3) is 0.250. The predicted octanol–water partition coefficient (Wildman–Crippen LogP) is 4.02. The minimum atomic E-state index is -0.925. The molecule has 1 fully saturated rings. The van der Waals surface area contributed by atoms with E-state index in [0.29, 0.717) is 30.0 Å². The number of carboxylic acid groups (broad SMARTS) is 1. The van der Waals surface area contributed by atoms with Crippen molar-refractivity contribution < 1.29 is 27.9 Å². The Kier molecular flexibility index (Phi) is 6.07. The Morgan fingerprint density at radius 3 is 2.71 bits per heavy atom. The van der Waals surface area contributed by atoms with Gasteiger partial charge in [-0.3, -0.25) is 0 Å². The third kappa shape index (κ3) is 4.29. The molecule has 5 rings (SSSR count). The van der Waals surface area contributed by atoms with E-state index in [2.05, 4.69) is 15.8 Å². The van der Waals surface area contributed by atoms with Gasteiger partial charge in [0.05, 0.1) is 22.2 Å². The van der Waals surface area contributed by atoms with Crippen LogP contribution in [-0.2, 0) is 11.4 Å². The Labute approximate surface area is 198 Å². The Bertz CT molecular complexity index is 1280. The van der Waals surface area contributed by atoms with Crippen LogP contribution in [0.15, 0.2) is 52.6 Å². The highest BCUT2D eigenvalue weighted by Crippen LogP contribution is 2.34. The van der Waals surface area contributed by atoms with Gasteiger partial charge in [-0.2, -0.15) is 0 Å². The molecule has 0 aliphatic carbocycles. The third-order valence-corrected chi connectivity index (χ3v) is 6.34. The molecule has 0 radical (unpaired) electrons. The summed E-state index contributed by atoms with van der Waals surface area (Å²) in [5, 5.41) is 19.8. The number of fused-ring (bicyclic) bond motifs is 2. The average molecular weight is 488 g/mol. The maximum atomic E-state index is 14.1. The maximum absolute atomic E-state index is 14.1. The van der Waals surface area contributed by atoms with Gasteiger partial charge >= 0.3 is 5.97 Å². The Morgan fingerprint density at radius 2 is 1.94 bits per heavy atom. The van der Waals surface area contributed by atoms with Crippen molar-refractivity contribution in [1.29, 1.82) is 0 Å². The summed E-state index contributed by atoms with van der Waals surface area (Å²) in [5.74, 6) is -1.56. The fourth-order valence-corrected chi connectivity index (χ4v) is 4.66. The predicted molar refractivity (Wildman–Crippen MR) is 120 cm³/mol. The van der Waals surface area contributed by atoms with Crippen LogP contribution in [0.3, 0.4) is 0 Å². The van der Waals surface area contributed by atoms with Gasteiger partial charge in [-0.25, -0.2) is 13.6 Å². The monoisotopic (exact) mass is 487 g/mol. The van der Waals surface area contributed by atoms with E-state index in [1.165, 1.54) is 6.07 Å². The van der Waals surface area contributed by atoms with Crippen LogP contribution in [0.1, 0.15) is 17.7 Å². The fourth-order valence-electron chi connectivity index (χ4n) is 4.41. The van der Waals surface area contributed by atoms with Crippen LogP contribution in [0.4, 0.5) is 8.78 Å². The summed E-state index contributed by atoms with van der Waals surface area (Å²) < 4.78 is 38.7. The quantitative estimate of drug-likeness (QED) is 0.452. The number of hydrogen-bond acceptors (Lipinski definition) is 6. The van der Waals surface area contributed by atoms with Crippen LogP contribution in [0.25, 0.3) is 16.8 Å². The van der Waals surface area contributed by atoms with Crippen molar-refractivity contribution in [3.05, 3.63) is 76.0 Å². The summed E-state index contributed by atoms with van der Waals surface area (Å²) in [6.07, 6.45) is 0.616. The normalized spacial score (nSPS) is 19.9. The van der Waals surface area contributed by atoms with Gasteiger partial charge in [0.1, 0.15) is 29.7 Å². The van der Waals surface area contributed by atoms with Crippen LogP contribution in [0.2, 0.25) is 5.02 Å². The number of benzene rings is 2. The summed E-state index contributed by atoms with van der Waals surface area (Å²) in [6, 6.07) is 10.5. The van der Waals surface area contributed by atoms with E-state index in [9.17, 15) is 18.7 Å². The van der Waals surface area contributed by atoms with Gasteiger partial charge in [0.15, 0.2) is 5.76 Å². The largest absolute Gasteiger partial charge is 0.486 e. The van der Waals surface area contributed by atoms with Crippen LogP contribution < -0.4 is 15.4 Å². The molecule has 2 aliphatic heterocycles. The molecule has 0 unspecified atom stereocenters. The van der Waals surface area contributed by atoms with Gasteiger partial charge < -0.3 is 25.0 Å². The summed E-state index contributed by atoms with van der Waals surface area (Å²) in [4.78, 5) is 11.9. The van der Waals surface area contributed by atoms with E-state index in [-0.39, 0.29) is 35.0 Å². The molecule has 3 heterocycles. The molecular formula is C24H20ClF2N3O4. The number of nitrogens with one attached hydrogen (secondary N) is 2. The number of ether oxygens (including phenoxy) is 1. The first-order valence-electron chi connectivity index (χ1n) is 10.7. The number of hydrogen-bond donors (Lipinski definition) is 3. The number of aromatic nitrogens is 1. The second-order valence-corrected chi connectivity index (χ2v) is 8.56. The van der Waals surface area contributed by atoms with Crippen molar-refractivity contribution in [2.24, 2.45) is 0 Å². The molecule has 7 nitrogen and oxygen atoms in total. The average Bonchev–Trinajstić information content (AvgIpc) is 3.29. The summed E-state index contributed by atoms with van der Waals surface area (Å²) >= 11 is 5.88. The van der Waals surface area contributed by atoms with E-state index in [4.69, 9.17) is 20.9 Å². The summed E-state index contributed by atoms with van der Waals surface area (Å²) in [6.45, 7) is 1.37. The number of nitrogens with zero attached hydrogens (tertiary/aromatic N) is 1. The first-order valence-corrected chi connectivity index (χ1v) is 11.0. The van der Waals surface area contributed by atoms with Crippen molar-refractivity contribution in [3.63, 3.8) is 0 Å². The molecule has 0 spiro atoms. The van der Waals surface area contributed by atoms with Gasteiger partial charge in [-0.05, 0) is 41.8 Å². The molecule has 0 amide bonds. The highest BCUT2D eigenvalue weighted by Gasteiger charge is 2.35. The maximum Gasteiger partial charge on any atom is 0.333 e. The summed E-state index contributed by atoms with van der Waals surface area (Å²) in [7, 11) is 0. The van der Waals surface area contributed by atoms with E-state index in [1.807, 2.05) is 12.1 Å². The molecule has 2 atom stereocenters. The Balaban J connectivity index is 1.31. The van der Waals surface area contributed by atoms with Crippen LogP contribution in [-0.4, -0.2) is 41.4 Å². The molecule has 1 aromatic heterocycles. The first kappa shape index (κ1) is 22.5. The summed E-state index contributed by atoms with van der Waals surface area (Å²) in [5.41, 5.74) is 1.93. The molecule has 34 heavy (non-hydrogen) atoms. The van der Waals surface area contributed by atoms with Crippen molar-refractivity contribution in [2.75, 3.05) is 13.1 Å². The highest BCUT2D eigenvalue weighted by atomic mass is 35.5. The van der Waals surface area contributed by atoms with E-state index in [0.717, 1.165) is 29.8 Å². The van der Waals surface area contributed by atoms with Crippen LogP contribution >= 0.6 is 11.6 Å². The molecule has 10 heteroatoms. The highest BCUT2D eigenvalue weighted by molar-refractivity contribution is 6.33. The molecule has 176 valence electrons. The SMILES string of the molecule is O=C(O)C1=C(c2ccc(OCc3cc(-c4c(F)ccc(F)c4Cl)no3)cc2)C[C@H]2CNC[C@@H]1N2. The lowest BCUT2D eigenvalue weighted by molar-refractivity contribution is -0.133. The number of halogens is 3. The van der Waals surface area contributed by atoms with E-state index < -0.39 is 17.6 Å². The Morgan fingerprint density at radius 1 is 1.18 bits per heavy atom. The third-order valence-electron chi connectivity index (χ3n) is 5.97. The zero-order valence-electron chi connectivity index (χ0n) is 17.8. The lowest BCUT2D eigenvalue weighted by Gasteiger charge is -2.38. The number of carbonyl (C=O) groups is 1. The number of piperazine rings is 1. The molecule has 3 N–H and O–H groups in total. The molecular weight excluding hydrogens is 468 g/mol. The standard InChI is InChI=1S/C24H20ClF2N3O4/c25-23-18(27)6-5-17(26)22(23)19-8-15(34-30-19)11-33-14-3-1-12(2-4-14)16-7-13-9-28-10-20(29-13)21(16)24(31)32/h1-6,8,13,20,28-29H,7,9-11H2,(H,31,32)/t13-,20-/m0/s1. The van der Waals surface area contributed by atoms with Gasteiger partial charge in [-0.1, -0.05) is 28.9 Å². The van der Waals surface area contributed by atoms with E-state index in [1.54, 1.807) is 12.1 Å². The van der Waals surface area contributed by atoms with Gasteiger partial charge in [0, 0.05) is 25.2 Å². The van der Waals surface area contributed by atoms with Gasteiger partial charge in [0.2, 0.25) is 0 Å². The second kappa shape index (κ2) is 9.17. The molecule has 2 aromatic carbocycles. The zero-order valence-corrected chi connectivity index (χ0v) is 18.5. The number of rotatable bonds is 6. The van der Waals surface area contributed by atoms with Crippen LogP contribution in [0, 0.1) is 11.6 Å². The zero-order chi connectivity index (χ0) is 23.8. The van der Waals surface area contributed by atoms with Crippen molar-refractivity contribution in [1.82, 2.24) is 15.8 Å². The minimum absolute atomic E-state index is 0.00368. The topological polar surface area (TPSA) is 96.6 Å². The van der Waals surface area contributed by atoms with Gasteiger partial charge in [-0.15, -0.1) is 0 Å². The van der Waals surface area contributed by atoms with Crippen molar-refractivity contribution >= 4 is 23.1 Å². The van der Waals surface area contributed by atoms with Crippen molar-refractivity contribution in [2.45, 2.75) is 25.1 Å². The Hall–Kier alpha value is -3.27. The molecule has 0 saturated carbocycles. The van der Waals surface area contributed by atoms with Crippen molar-refractivity contribution in [3.8, 4) is 17.0 Å². The van der Waals surface area contributed by atoms with E-state index >= 15 is 0 Å². The van der Waals surface area contributed by atoms with Gasteiger partial charge in [0.25, 0.3) is 0 Å². The molecule has 2 aliphatic rings. The lowest BCUT2D eigenvalue weighted by Crippen LogP contribution is -2.58. The minimum Gasteiger partial charge on any atom is -0.486 e. The second-order valence-electron chi connectivity index (χ2n) is 8.19. The molecule has 3 aromatic rings. The first-order chi connectivity index (χ1) is 16.4.